The molecule has 0 unspecified atom stereocenters. The fraction of sp³-hybridized carbons (Fsp3) is 0.300. The predicted molar refractivity (Wildman–Crippen MR) is 111 cm³/mol. The number of amides is 1. The van der Waals surface area contributed by atoms with Crippen LogP contribution in [0.4, 0.5) is 17.3 Å². The van der Waals surface area contributed by atoms with Crippen molar-refractivity contribution >= 4 is 40.0 Å². The van der Waals surface area contributed by atoms with Crippen LogP contribution in [-0.2, 0) is 0 Å². The van der Waals surface area contributed by atoms with E-state index in [1.165, 1.54) is 12.6 Å². The molecule has 1 aromatic carbocycles. The summed E-state index contributed by atoms with van der Waals surface area (Å²) in [4.78, 5) is 21.6. The van der Waals surface area contributed by atoms with Gasteiger partial charge in [-0.25, -0.2) is 9.97 Å². The predicted octanol–water partition coefficient (Wildman–Crippen LogP) is 2.16. The van der Waals surface area contributed by atoms with E-state index in [0.717, 1.165) is 18.5 Å². The molecule has 1 saturated carbocycles. The van der Waals surface area contributed by atoms with Gasteiger partial charge in [0.05, 0.1) is 18.5 Å². The van der Waals surface area contributed by atoms with Crippen molar-refractivity contribution in [3.05, 3.63) is 42.4 Å². The third kappa shape index (κ3) is 3.11. The fourth-order valence-electron chi connectivity index (χ4n) is 3.42. The maximum atomic E-state index is 12.8. The molecule has 0 bridgehead atoms. The Bertz CT molecular complexity index is 1240. The van der Waals surface area contributed by atoms with Gasteiger partial charge in [0.1, 0.15) is 22.7 Å². The minimum Gasteiger partial charge on any atom is -0.443 e. The van der Waals surface area contributed by atoms with Crippen molar-refractivity contribution in [2.45, 2.75) is 12.8 Å². The van der Waals surface area contributed by atoms with Gasteiger partial charge in [-0.05, 0) is 25.0 Å². The third-order valence-electron chi connectivity index (χ3n) is 5.51. The molecule has 1 aliphatic rings. The summed E-state index contributed by atoms with van der Waals surface area (Å²) in [5, 5.41) is 23.0. The summed E-state index contributed by atoms with van der Waals surface area (Å²) < 4.78 is 6.93. The number of nitrogens with zero attached hydrogens (tertiary/aromatic N) is 4. The monoisotopic (exact) mass is 407 g/mol. The van der Waals surface area contributed by atoms with E-state index in [-0.39, 0.29) is 17.9 Å². The average molecular weight is 407 g/mol. The number of aliphatic hydroxyl groups excluding tert-OH is 1. The van der Waals surface area contributed by atoms with Crippen LogP contribution in [0.15, 0.2) is 41.3 Å². The molecular formula is C20H21N7O3. The van der Waals surface area contributed by atoms with Crippen molar-refractivity contribution < 1.29 is 14.3 Å². The molecule has 1 aliphatic carbocycles. The minimum absolute atomic E-state index is 0.0753. The summed E-state index contributed by atoms with van der Waals surface area (Å²) in [7, 11) is 1.77. The molecule has 4 N–H and O–H groups in total. The summed E-state index contributed by atoms with van der Waals surface area (Å²) >= 11 is 0. The largest absolute Gasteiger partial charge is 0.443 e. The number of para-hydroxylation sites is 1. The van der Waals surface area contributed by atoms with Crippen LogP contribution >= 0.6 is 0 Å². The first-order chi connectivity index (χ1) is 14.6. The minimum atomic E-state index is -0.268. The Balaban J connectivity index is 1.48. The van der Waals surface area contributed by atoms with Gasteiger partial charge < -0.3 is 25.5 Å². The number of nitrogens with one attached hydrogen (secondary N) is 3. The highest BCUT2D eigenvalue weighted by atomic mass is 16.3. The number of oxazole rings is 1. The van der Waals surface area contributed by atoms with Crippen molar-refractivity contribution in [2.75, 3.05) is 30.8 Å². The Morgan fingerprint density at radius 1 is 1.37 bits per heavy atom. The molecule has 4 aromatic rings. The zero-order chi connectivity index (χ0) is 20.7. The lowest BCUT2D eigenvalue weighted by molar-refractivity contribution is 0.0936. The summed E-state index contributed by atoms with van der Waals surface area (Å²) in [6.07, 6.45) is 4.73. The highest BCUT2D eigenvalue weighted by Gasteiger charge is 2.42. The SMILES string of the molecule is CNc1cc(Nc2cccc3ocnc23)nc2c(C(=O)NCC3(CO)CC3)cnn12. The molecule has 154 valence electrons. The van der Waals surface area contributed by atoms with Gasteiger partial charge in [0.15, 0.2) is 17.6 Å². The van der Waals surface area contributed by atoms with Crippen molar-refractivity contribution in [3.63, 3.8) is 0 Å². The Kier molecular flexibility index (Phi) is 4.28. The number of fused-ring (bicyclic) bond motifs is 2. The van der Waals surface area contributed by atoms with Crippen LogP contribution in [-0.4, -0.2) is 50.8 Å². The number of rotatable bonds is 7. The quantitative estimate of drug-likeness (QED) is 0.367. The smallest absolute Gasteiger partial charge is 0.256 e. The van der Waals surface area contributed by atoms with Gasteiger partial charge in [0.25, 0.3) is 5.91 Å². The summed E-state index contributed by atoms with van der Waals surface area (Å²) in [6, 6.07) is 7.37. The number of anilines is 3. The number of hydrogen-bond donors (Lipinski definition) is 4. The number of aliphatic hydroxyl groups is 1. The zero-order valence-electron chi connectivity index (χ0n) is 16.3. The maximum Gasteiger partial charge on any atom is 0.256 e. The normalized spacial score (nSPS) is 14.7. The summed E-state index contributed by atoms with van der Waals surface area (Å²) in [6.45, 7) is 0.510. The van der Waals surface area contributed by atoms with Crippen LogP contribution in [0.1, 0.15) is 23.2 Å². The van der Waals surface area contributed by atoms with Gasteiger partial charge in [-0.1, -0.05) is 6.07 Å². The van der Waals surface area contributed by atoms with Crippen molar-refractivity contribution in [2.24, 2.45) is 5.41 Å². The van der Waals surface area contributed by atoms with Crippen molar-refractivity contribution in [1.82, 2.24) is 24.9 Å². The Hall–Kier alpha value is -3.66. The first-order valence-electron chi connectivity index (χ1n) is 9.67. The maximum absolute atomic E-state index is 12.8. The lowest BCUT2D eigenvalue weighted by Crippen LogP contribution is -2.31. The first kappa shape index (κ1) is 18.4. The van der Waals surface area contributed by atoms with E-state index in [1.807, 2.05) is 18.2 Å². The van der Waals surface area contributed by atoms with E-state index in [1.54, 1.807) is 17.6 Å². The molecule has 0 saturated heterocycles. The van der Waals surface area contributed by atoms with Crippen LogP contribution in [0.5, 0.6) is 0 Å². The third-order valence-corrected chi connectivity index (χ3v) is 5.51. The van der Waals surface area contributed by atoms with Crippen LogP contribution in [0, 0.1) is 5.41 Å². The molecule has 0 aliphatic heterocycles. The van der Waals surface area contributed by atoms with Gasteiger partial charge in [0, 0.05) is 25.1 Å². The highest BCUT2D eigenvalue weighted by Crippen LogP contribution is 2.44. The van der Waals surface area contributed by atoms with Gasteiger partial charge in [-0.3, -0.25) is 4.79 Å². The molecule has 30 heavy (non-hydrogen) atoms. The second-order valence-electron chi connectivity index (χ2n) is 7.54. The molecule has 1 fully saturated rings. The van der Waals surface area contributed by atoms with Crippen LogP contribution < -0.4 is 16.0 Å². The second-order valence-corrected chi connectivity index (χ2v) is 7.54. The molecule has 10 nitrogen and oxygen atoms in total. The highest BCUT2D eigenvalue weighted by molar-refractivity contribution is 6.00. The van der Waals surface area contributed by atoms with Crippen LogP contribution in [0.3, 0.4) is 0 Å². The topological polar surface area (TPSA) is 130 Å². The first-order valence-corrected chi connectivity index (χ1v) is 9.67. The van der Waals surface area contributed by atoms with Gasteiger partial charge in [0.2, 0.25) is 0 Å². The van der Waals surface area contributed by atoms with Gasteiger partial charge >= 0.3 is 0 Å². The average Bonchev–Trinajstić information content (AvgIpc) is 3.17. The van der Waals surface area contributed by atoms with Crippen LogP contribution in [0.25, 0.3) is 16.7 Å². The Morgan fingerprint density at radius 3 is 3.00 bits per heavy atom. The standard InChI is InChI=1S/C20H21N7O3/c1-21-16-7-15(25-13-3-2-4-14-17(13)23-11-30-14)26-18-12(8-24-27(16)18)19(29)22-9-20(10-28)5-6-20/h2-4,7-8,11,21,28H,5-6,9-10H2,1H3,(H,22,29)(H,25,26). The fourth-order valence-corrected chi connectivity index (χ4v) is 3.42. The molecule has 0 radical (unpaired) electrons. The van der Waals surface area contributed by atoms with Gasteiger partial charge in [-0.15, -0.1) is 0 Å². The number of hydrogen-bond acceptors (Lipinski definition) is 8. The van der Waals surface area contributed by atoms with E-state index >= 15 is 0 Å². The number of aromatic nitrogens is 4. The zero-order valence-corrected chi connectivity index (χ0v) is 16.3. The number of benzene rings is 1. The number of carbonyl (C=O) groups is 1. The molecule has 5 rings (SSSR count). The Morgan fingerprint density at radius 2 is 2.23 bits per heavy atom. The molecule has 0 spiro atoms. The lowest BCUT2D eigenvalue weighted by atomic mass is 10.1. The van der Waals surface area contributed by atoms with Gasteiger partial charge in [-0.2, -0.15) is 9.61 Å². The molecule has 1 amide bonds. The van der Waals surface area contributed by atoms with E-state index in [2.05, 4.69) is 31.0 Å². The van der Waals surface area contributed by atoms with E-state index < -0.39 is 0 Å². The van der Waals surface area contributed by atoms with Crippen molar-refractivity contribution in [3.8, 4) is 0 Å². The second kappa shape index (κ2) is 6.99. The summed E-state index contributed by atoms with van der Waals surface area (Å²) in [5.41, 5.74) is 2.70. The number of carbonyl (C=O) groups excluding carboxylic acids is 1. The Labute approximate surface area is 171 Å². The lowest BCUT2D eigenvalue weighted by Gasteiger charge is -2.13. The molecule has 3 heterocycles. The molecule has 0 atom stereocenters. The van der Waals surface area contributed by atoms with E-state index in [4.69, 9.17) is 4.42 Å². The van der Waals surface area contributed by atoms with E-state index in [0.29, 0.717) is 40.5 Å². The molecular weight excluding hydrogens is 386 g/mol. The van der Waals surface area contributed by atoms with Crippen LogP contribution in [0.2, 0.25) is 0 Å². The van der Waals surface area contributed by atoms with E-state index in [9.17, 15) is 9.90 Å². The molecule has 3 aromatic heterocycles. The molecule has 10 heteroatoms. The summed E-state index contributed by atoms with van der Waals surface area (Å²) in [5.74, 6) is 0.934. The van der Waals surface area contributed by atoms with Crippen molar-refractivity contribution in [1.29, 1.82) is 0 Å².